The van der Waals surface area contributed by atoms with E-state index in [0.29, 0.717) is 30.6 Å². The predicted octanol–water partition coefficient (Wildman–Crippen LogP) is 2.48. The molecule has 0 fully saturated rings. The van der Waals surface area contributed by atoms with Crippen LogP contribution in [-0.2, 0) is 13.1 Å². The summed E-state index contributed by atoms with van der Waals surface area (Å²) in [5.74, 6) is 1.67. The first-order valence-electron chi connectivity index (χ1n) is 8.21. The number of rotatable bonds is 5. The van der Waals surface area contributed by atoms with Gasteiger partial charge in [-0.1, -0.05) is 6.07 Å². The zero-order chi connectivity index (χ0) is 18.5. The van der Waals surface area contributed by atoms with Crippen LogP contribution in [0.1, 0.15) is 22.9 Å². The number of hydrogen-bond donors (Lipinski definition) is 2. The van der Waals surface area contributed by atoms with Crippen LogP contribution >= 0.6 is 0 Å². The van der Waals surface area contributed by atoms with Crippen LogP contribution in [0.2, 0.25) is 0 Å². The molecular weight excluding hydrogens is 335 g/mol. The standard InChI is InChI=1S/C18H21FN6O/c1-12-13(2)26-17(24-12)10-23-18(20-3)22-9-14-4-5-16(15(19)8-14)25-7-6-21-11-25/h4-8,11H,9-10H2,1-3H3,(H2,20,22,23). The first-order valence-corrected chi connectivity index (χ1v) is 8.21. The molecule has 0 saturated carbocycles. The Hall–Kier alpha value is -3.16. The number of nitrogens with one attached hydrogen (secondary N) is 2. The zero-order valence-corrected chi connectivity index (χ0v) is 15.0. The summed E-state index contributed by atoms with van der Waals surface area (Å²) in [6.45, 7) is 4.63. The highest BCUT2D eigenvalue weighted by atomic mass is 19.1. The highest BCUT2D eigenvalue weighted by Gasteiger charge is 2.08. The van der Waals surface area contributed by atoms with Gasteiger partial charge in [0, 0.05) is 26.0 Å². The normalized spacial score (nSPS) is 11.6. The lowest BCUT2D eigenvalue weighted by molar-refractivity contribution is 0.463. The van der Waals surface area contributed by atoms with E-state index >= 15 is 0 Å². The van der Waals surface area contributed by atoms with Crippen molar-refractivity contribution in [3.05, 3.63) is 65.6 Å². The Morgan fingerprint density at radius 3 is 2.69 bits per heavy atom. The van der Waals surface area contributed by atoms with E-state index in [1.54, 1.807) is 36.4 Å². The Morgan fingerprint density at radius 1 is 1.27 bits per heavy atom. The van der Waals surface area contributed by atoms with E-state index in [4.69, 9.17) is 4.42 Å². The monoisotopic (exact) mass is 356 g/mol. The van der Waals surface area contributed by atoms with Crippen molar-refractivity contribution >= 4 is 5.96 Å². The van der Waals surface area contributed by atoms with E-state index in [1.807, 2.05) is 19.9 Å². The van der Waals surface area contributed by atoms with Crippen LogP contribution in [0.25, 0.3) is 5.69 Å². The van der Waals surface area contributed by atoms with Crippen molar-refractivity contribution in [2.45, 2.75) is 26.9 Å². The summed E-state index contributed by atoms with van der Waals surface area (Å²) in [7, 11) is 1.67. The van der Waals surface area contributed by atoms with E-state index in [0.717, 1.165) is 17.0 Å². The maximum absolute atomic E-state index is 14.3. The molecule has 8 heteroatoms. The van der Waals surface area contributed by atoms with Crippen LogP contribution in [0.4, 0.5) is 4.39 Å². The molecule has 2 N–H and O–H groups in total. The van der Waals surface area contributed by atoms with Crippen LogP contribution < -0.4 is 10.6 Å². The SMILES string of the molecule is CN=C(NCc1ccc(-n2ccnc2)c(F)c1)NCc1nc(C)c(C)o1. The molecule has 0 unspecified atom stereocenters. The number of nitrogens with zero attached hydrogens (tertiary/aromatic N) is 4. The molecule has 0 aliphatic carbocycles. The van der Waals surface area contributed by atoms with Crippen LogP contribution in [0.5, 0.6) is 0 Å². The number of hydrogen-bond acceptors (Lipinski definition) is 4. The first kappa shape index (κ1) is 17.7. The van der Waals surface area contributed by atoms with Crippen LogP contribution in [0.3, 0.4) is 0 Å². The van der Waals surface area contributed by atoms with Crippen molar-refractivity contribution in [2.24, 2.45) is 4.99 Å². The second-order valence-corrected chi connectivity index (χ2v) is 5.78. The molecule has 2 aromatic heterocycles. The molecule has 136 valence electrons. The lowest BCUT2D eigenvalue weighted by atomic mass is 10.2. The fourth-order valence-corrected chi connectivity index (χ4v) is 2.45. The Bertz CT molecular complexity index is 881. The summed E-state index contributed by atoms with van der Waals surface area (Å²) in [4.78, 5) is 12.4. The summed E-state index contributed by atoms with van der Waals surface area (Å²) in [6, 6.07) is 5.08. The van der Waals surface area contributed by atoms with Crippen LogP contribution in [0, 0.1) is 19.7 Å². The number of aryl methyl sites for hydroxylation is 2. The molecule has 1 aromatic carbocycles. The third-order valence-electron chi connectivity index (χ3n) is 3.96. The van der Waals surface area contributed by atoms with Gasteiger partial charge in [0.1, 0.15) is 11.6 Å². The van der Waals surface area contributed by atoms with Gasteiger partial charge in [-0.15, -0.1) is 0 Å². The predicted molar refractivity (Wildman–Crippen MR) is 96.5 cm³/mol. The van der Waals surface area contributed by atoms with Gasteiger partial charge in [0.15, 0.2) is 5.96 Å². The van der Waals surface area contributed by atoms with E-state index in [-0.39, 0.29) is 5.82 Å². The zero-order valence-electron chi connectivity index (χ0n) is 15.0. The highest BCUT2D eigenvalue weighted by Crippen LogP contribution is 2.15. The maximum Gasteiger partial charge on any atom is 0.214 e. The van der Waals surface area contributed by atoms with Gasteiger partial charge >= 0.3 is 0 Å². The molecule has 0 amide bonds. The van der Waals surface area contributed by atoms with E-state index in [1.165, 1.54) is 6.07 Å². The van der Waals surface area contributed by atoms with Gasteiger partial charge in [-0.2, -0.15) is 0 Å². The lowest BCUT2D eigenvalue weighted by Gasteiger charge is -2.12. The second-order valence-electron chi connectivity index (χ2n) is 5.78. The maximum atomic E-state index is 14.3. The molecule has 2 heterocycles. The number of guanidine groups is 1. The minimum Gasteiger partial charge on any atom is -0.444 e. The molecular formula is C18H21FN6O. The summed E-state index contributed by atoms with van der Waals surface area (Å²) in [6.07, 6.45) is 4.88. The summed E-state index contributed by atoms with van der Waals surface area (Å²) in [5, 5.41) is 6.26. The average Bonchev–Trinajstić information content (AvgIpc) is 3.26. The molecule has 0 radical (unpaired) electrons. The number of halogens is 1. The van der Waals surface area contributed by atoms with Gasteiger partial charge in [-0.3, -0.25) is 4.99 Å². The Labute approximate surface area is 151 Å². The molecule has 3 rings (SSSR count). The molecule has 0 aliphatic heterocycles. The van der Waals surface area contributed by atoms with Crippen molar-refractivity contribution in [3.8, 4) is 5.69 Å². The average molecular weight is 356 g/mol. The van der Waals surface area contributed by atoms with Crippen LogP contribution in [0.15, 0.2) is 46.3 Å². The number of aromatic nitrogens is 3. The van der Waals surface area contributed by atoms with Gasteiger partial charge in [-0.25, -0.2) is 14.4 Å². The third kappa shape index (κ3) is 4.08. The van der Waals surface area contributed by atoms with E-state index in [2.05, 4.69) is 25.6 Å². The first-order chi connectivity index (χ1) is 12.6. The second kappa shape index (κ2) is 7.81. The fraction of sp³-hybridized carbons (Fsp3) is 0.278. The number of benzene rings is 1. The van der Waals surface area contributed by atoms with Crippen LogP contribution in [-0.4, -0.2) is 27.5 Å². The highest BCUT2D eigenvalue weighted by molar-refractivity contribution is 5.79. The van der Waals surface area contributed by atoms with Crippen molar-refractivity contribution in [3.63, 3.8) is 0 Å². The van der Waals surface area contributed by atoms with E-state index in [9.17, 15) is 4.39 Å². The largest absolute Gasteiger partial charge is 0.444 e. The quantitative estimate of drug-likeness (QED) is 0.542. The molecule has 0 atom stereocenters. The Kier molecular flexibility index (Phi) is 5.31. The van der Waals surface area contributed by atoms with Crippen molar-refractivity contribution in [2.75, 3.05) is 7.05 Å². The molecule has 3 aromatic rings. The lowest BCUT2D eigenvalue weighted by Crippen LogP contribution is -2.36. The molecule has 0 bridgehead atoms. The van der Waals surface area contributed by atoms with Gasteiger partial charge < -0.3 is 19.6 Å². The van der Waals surface area contributed by atoms with Crippen molar-refractivity contribution < 1.29 is 8.81 Å². The van der Waals surface area contributed by atoms with Gasteiger partial charge in [0.25, 0.3) is 0 Å². The number of imidazole rings is 1. The summed E-state index contributed by atoms with van der Waals surface area (Å²) in [5.41, 5.74) is 2.14. The topological polar surface area (TPSA) is 80.3 Å². The molecule has 0 spiro atoms. The minimum atomic E-state index is -0.309. The van der Waals surface area contributed by atoms with Crippen molar-refractivity contribution in [1.82, 2.24) is 25.2 Å². The molecule has 26 heavy (non-hydrogen) atoms. The fourth-order valence-electron chi connectivity index (χ4n) is 2.45. The molecule has 7 nitrogen and oxygen atoms in total. The summed E-state index contributed by atoms with van der Waals surface area (Å²) >= 11 is 0. The number of aliphatic imine (C=N–C) groups is 1. The Morgan fingerprint density at radius 2 is 2.08 bits per heavy atom. The molecule has 0 saturated heterocycles. The van der Waals surface area contributed by atoms with Crippen molar-refractivity contribution in [1.29, 1.82) is 0 Å². The third-order valence-corrected chi connectivity index (χ3v) is 3.96. The minimum absolute atomic E-state index is 0.309. The number of oxazole rings is 1. The van der Waals surface area contributed by atoms with Gasteiger partial charge in [0.2, 0.25) is 5.89 Å². The smallest absolute Gasteiger partial charge is 0.214 e. The van der Waals surface area contributed by atoms with E-state index < -0.39 is 0 Å². The Balaban J connectivity index is 1.57. The van der Waals surface area contributed by atoms with Gasteiger partial charge in [-0.05, 0) is 31.5 Å². The van der Waals surface area contributed by atoms with Gasteiger partial charge in [0.05, 0.1) is 24.3 Å². The molecule has 0 aliphatic rings. The summed E-state index contributed by atoms with van der Waals surface area (Å²) < 4.78 is 21.4.